The number of carbonyl (C=O) groups excluding carboxylic acids is 1. The van der Waals surface area contributed by atoms with Crippen LogP contribution in [0.1, 0.15) is 51.9 Å². The lowest BCUT2D eigenvalue weighted by Gasteiger charge is -2.25. The zero-order valence-corrected chi connectivity index (χ0v) is 10.4. The Hall–Kier alpha value is -0.240. The first-order valence-corrected chi connectivity index (χ1v) is 6.56. The molecule has 1 amide bonds. The van der Waals surface area contributed by atoms with Crippen LogP contribution < -0.4 is 5.32 Å². The monoisotopic (exact) mass is 231 g/mol. The summed E-state index contributed by atoms with van der Waals surface area (Å²) in [5.74, 6) is 0.871. The SMILES string of the molecule is CCCCC(=O)NCC1CCC(Cl)CC1. The first kappa shape index (κ1) is 12.8. The molecule has 0 aliphatic heterocycles. The Bertz CT molecular complexity index is 188. The van der Waals surface area contributed by atoms with Crippen LogP contribution in [0.15, 0.2) is 0 Å². The first-order valence-electron chi connectivity index (χ1n) is 6.13. The van der Waals surface area contributed by atoms with E-state index >= 15 is 0 Å². The minimum Gasteiger partial charge on any atom is -0.356 e. The normalized spacial score (nSPS) is 26.3. The lowest BCUT2D eigenvalue weighted by molar-refractivity contribution is -0.121. The van der Waals surface area contributed by atoms with Gasteiger partial charge in [-0.25, -0.2) is 0 Å². The second kappa shape index (κ2) is 7.10. The van der Waals surface area contributed by atoms with E-state index in [1.165, 1.54) is 12.8 Å². The fourth-order valence-corrected chi connectivity index (χ4v) is 2.26. The number of hydrogen-bond acceptors (Lipinski definition) is 1. The van der Waals surface area contributed by atoms with E-state index in [-0.39, 0.29) is 5.91 Å². The highest BCUT2D eigenvalue weighted by Crippen LogP contribution is 2.26. The molecule has 88 valence electrons. The van der Waals surface area contributed by atoms with E-state index in [2.05, 4.69) is 12.2 Å². The number of unbranched alkanes of at least 4 members (excludes halogenated alkanes) is 1. The minimum absolute atomic E-state index is 0.213. The topological polar surface area (TPSA) is 29.1 Å². The molecular weight excluding hydrogens is 210 g/mol. The fraction of sp³-hybridized carbons (Fsp3) is 0.917. The highest BCUT2D eigenvalue weighted by atomic mass is 35.5. The van der Waals surface area contributed by atoms with Crippen LogP contribution in [0.5, 0.6) is 0 Å². The number of nitrogens with one attached hydrogen (secondary N) is 1. The lowest BCUT2D eigenvalue weighted by atomic mass is 9.89. The molecule has 3 heteroatoms. The molecule has 0 bridgehead atoms. The molecule has 0 aromatic carbocycles. The van der Waals surface area contributed by atoms with Gasteiger partial charge in [0.2, 0.25) is 5.91 Å². The fourth-order valence-electron chi connectivity index (χ4n) is 2.01. The Morgan fingerprint density at radius 1 is 1.33 bits per heavy atom. The molecule has 1 fully saturated rings. The lowest BCUT2D eigenvalue weighted by Crippen LogP contribution is -2.31. The summed E-state index contributed by atoms with van der Waals surface area (Å²) in [6, 6.07) is 0. The highest BCUT2D eigenvalue weighted by molar-refractivity contribution is 6.20. The van der Waals surface area contributed by atoms with Crippen LogP contribution in [0.2, 0.25) is 0 Å². The van der Waals surface area contributed by atoms with Crippen molar-refractivity contribution in [1.82, 2.24) is 5.32 Å². The standard InChI is InChI=1S/C12H22ClNO/c1-2-3-4-12(15)14-9-10-5-7-11(13)8-6-10/h10-11H,2-9H2,1H3,(H,14,15). The summed E-state index contributed by atoms with van der Waals surface area (Å²) >= 11 is 6.03. The van der Waals surface area contributed by atoms with Crippen molar-refractivity contribution in [2.24, 2.45) is 5.92 Å². The van der Waals surface area contributed by atoms with Crippen molar-refractivity contribution in [2.75, 3.05) is 6.54 Å². The summed E-state index contributed by atoms with van der Waals surface area (Å²) < 4.78 is 0. The number of hydrogen-bond donors (Lipinski definition) is 1. The maximum absolute atomic E-state index is 11.4. The van der Waals surface area contributed by atoms with Gasteiger partial charge in [0.05, 0.1) is 0 Å². The number of rotatable bonds is 5. The Morgan fingerprint density at radius 2 is 2.00 bits per heavy atom. The second-order valence-corrected chi connectivity index (χ2v) is 5.14. The summed E-state index contributed by atoms with van der Waals surface area (Å²) in [6.07, 6.45) is 7.32. The van der Waals surface area contributed by atoms with Gasteiger partial charge in [-0.1, -0.05) is 13.3 Å². The third-order valence-electron chi connectivity index (χ3n) is 3.12. The average molecular weight is 232 g/mol. The molecule has 1 aliphatic rings. The first-order chi connectivity index (χ1) is 7.22. The van der Waals surface area contributed by atoms with Crippen LogP contribution in [0.4, 0.5) is 0 Å². The van der Waals surface area contributed by atoms with Crippen molar-refractivity contribution < 1.29 is 4.79 Å². The Morgan fingerprint density at radius 3 is 2.60 bits per heavy atom. The smallest absolute Gasteiger partial charge is 0.220 e. The van der Waals surface area contributed by atoms with Gasteiger partial charge in [0.1, 0.15) is 0 Å². The van der Waals surface area contributed by atoms with Crippen molar-refractivity contribution in [3.05, 3.63) is 0 Å². The van der Waals surface area contributed by atoms with Gasteiger partial charge in [0, 0.05) is 18.3 Å². The highest BCUT2D eigenvalue weighted by Gasteiger charge is 2.19. The molecule has 1 saturated carbocycles. The Kier molecular flexibility index (Phi) is 6.07. The quantitative estimate of drug-likeness (QED) is 0.724. The van der Waals surface area contributed by atoms with Gasteiger partial charge >= 0.3 is 0 Å². The number of halogens is 1. The molecule has 15 heavy (non-hydrogen) atoms. The van der Waals surface area contributed by atoms with Crippen molar-refractivity contribution in [3.63, 3.8) is 0 Å². The number of carbonyl (C=O) groups is 1. The van der Waals surface area contributed by atoms with E-state index < -0.39 is 0 Å². The Labute approximate surface area is 97.8 Å². The largest absolute Gasteiger partial charge is 0.356 e. The predicted octanol–water partition coefficient (Wildman–Crippen LogP) is 3.09. The third kappa shape index (κ3) is 5.41. The summed E-state index contributed by atoms with van der Waals surface area (Å²) in [5.41, 5.74) is 0. The zero-order valence-electron chi connectivity index (χ0n) is 9.60. The van der Waals surface area contributed by atoms with Crippen LogP contribution >= 0.6 is 11.6 Å². The summed E-state index contributed by atoms with van der Waals surface area (Å²) in [7, 11) is 0. The molecule has 1 N–H and O–H groups in total. The van der Waals surface area contributed by atoms with Gasteiger partial charge in [-0.15, -0.1) is 11.6 Å². The van der Waals surface area contributed by atoms with Crippen molar-refractivity contribution >= 4 is 17.5 Å². The molecular formula is C12H22ClNO. The molecule has 2 nitrogen and oxygen atoms in total. The van der Waals surface area contributed by atoms with Crippen molar-refractivity contribution in [2.45, 2.75) is 57.2 Å². The number of amides is 1. The van der Waals surface area contributed by atoms with E-state index in [0.717, 1.165) is 32.2 Å². The molecule has 0 heterocycles. The van der Waals surface area contributed by atoms with Gasteiger partial charge in [-0.05, 0) is 38.0 Å². The van der Waals surface area contributed by atoms with Gasteiger partial charge in [0.15, 0.2) is 0 Å². The minimum atomic E-state index is 0.213. The molecule has 0 radical (unpaired) electrons. The van der Waals surface area contributed by atoms with Gasteiger partial charge < -0.3 is 5.32 Å². The van der Waals surface area contributed by atoms with Crippen LogP contribution in [0, 0.1) is 5.92 Å². The number of alkyl halides is 1. The van der Waals surface area contributed by atoms with E-state index in [4.69, 9.17) is 11.6 Å². The van der Waals surface area contributed by atoms with Crippen LogP contribution in [-0.2, 0) is 4.79 Å². The van der Waals surface area contributed by atoms with Gasteiger partial charge in [-0.3, -0.25) is 4.79 Å². The second-order valence-electron chi connectivity index (χ2n) is 4.53. The third-order valence-corrected chi connectivity index (χ3v) is 3.56. The van der Waals surface area contributed by atoms with Gasteiger partial charge in [0.25, 0.3) is 0 Å². The van der Waals surface area contributed by atoms with Crippen molar-refractivity contribution in [3.8, 4) is 0 Å². The van der Waals surface area contributed by atoms with Crippen LogP contribution in [0.25, 0.3) is 0 Å². The zero-order chi connectivity index (χ0) is 11.1. The van der Waals surface area contributed by atoms with E-state index in [1.54, 1.807) is 0 Å². The molecule has 0 spiro atoms. The average Bonchev–Trinajstić information content (AvgIpc) is 2.25. The molecule has 0 saturated heterocycles. The molecule has 1 rings (SSSR count). The predicted molar refractivity (Wildman–Crippen MR) is 64.1 cm³/mol. The Balaban J connectivity index is 2.06. The molecule has 0 aromatic heterocycles. The molecule has 0 aromatic rings. The van der Waals surface area contributed by atoms with E-state index in [1.807, 2.05) is 0 Å². The molecule has 0 atom stereocenters. The summed E-state index contributed by atoms with van der Waals surface area (Å²) in [5, 5.41) is 3.39. The van der Waals surface area contributed by atoms with Crippen LogP contribution in [-0.4, -0.2) is 17.8 Å². The molecule has 0 unspecified atom stereocenters. The van der Waals surface area contributed by atoms with E-state index in [0.29, 0.717) is 17.7 Å². The van der Waals surface area contributed by atoms with Gasteiger partial charge in [-0.2, -0.15) is 0 Å². The van der Waals surface area contributed by atoms with E-state index in [9.17, 15) is 4.79 Å². The summed E-state index contributed by atoms with van der Waals surface area (Å²) in [6.45, 7) is 2.96. The maximum Gasteiger partial charge on any atom is 0.220 e. The van der Waals surface area contributed by atoms with Crippen LogP contribution in [0.3, 0.4) is 0 Å². The summed E-state index contributed by atoms with van der Waals surface area (Å²) in [4.78, 5) is 11.4. The maximum atomic E-state index is 11.4. The molecule has 1 aliphatic carbocycles. The van der Waals surface area contributed by atoms with Crippen molar-refractivity contribution in [1.29, 1.82) is 0 Å².